The number of phenols is 1. The minimum absolute atomic E-state index is 0. The van der Waals surface area contributed by atoms with E-state index in [1.165, 1.54) is 15.9 Å². The molecule has 3 N–H and O–H groups in total. The normalized spacial score (nSPS) is 9.68. The third-order valence-corrected chi connectivity index (χ3v) is 7.83. The predicted molar refractivity (Wildman–Crippen MR) is 130 cm³/mol. The molecule has 0 atom stereocenters. The fraction of sp³-hybridized carbons (Fsp3) is 0. The van der Waals surface area contributed by atoms with E-state index in [4.69, 9.17) is 14.8 Å². The molecular weight excluding hydrogens is 728 g/mol. The van der Waals surface area contributed by atoms with Crippen LogP contribution in [0.25, 0.3) is 0 Å². The molecule has 199 valence electrons. The standard InChI is InChI=1S/C18H15P.C7H6O6S.3ClH.Dy/c1-4-10-16(11-5-1)19(17-12-6-2-7-13-17)18-14-8-3-9-15-18;8-6-2-1-4(14(11,12)13)3-5(6)7(9)10;;;;/h1-15H;1-3,8H,(H,9,10)(H,11,12,13);3*1H;/q;;;;;+3/p-3. The van der Waals surface area contributed by atoms with Crippen LogP contribution in [0.3, 0.4) is 0 Å². The first kappa shape index (κ1) is 37.8. The van der Waals surface area contributed by atoms with E-state index in [2.05, 4.69) is 91.0 Å². The first-order chi connectivity index (χ1) is 15.8. The van der Waals surface area contributed by atoms with Gasteiger partial charge in [0.05, 0.1) is 4.90 Å². The number of carboxylic acids is 1. The number of aromatic hydroxyl groups is 1. The quantitative estimate of drug-likeness (QED) is 0.139. The van der Waals surface area contributed by atoms with Crippen molar-refractivity contribution in [2.75, 3.05) is 0 Å². The zero-order valence-electron chi connectivity index (χ0n) is 18.8. The van der Waals surface area contributed by atoms with E-state index in [0.29, 0.717) is 6.07 Å². The summed E-state index contributed by atoms with van der Waals surface area (Å²) >= 11 is 0. The van der Waals surface area contributed by atoms with E-state index in [-0.39, 0.29) is 75.4 Å². The number of hydrogen-bond donors (Lipinski definition) is 3. The third-order valence-electron chi connectivity index (χ3n) is 4.54. The maximum atomic E-state index is 10.6. The Balaban J connectivity index is 0. The molecule has 0 amide bonds. The van der Waals surface area contributed by atoms with Gasteiger partial charge >= 0.3 is 44.1 Å². The van der Waals surface area contributed by atoms with Crippen LogP contribution < -0.4 is 53.1 Å². The Labute approximate surface area is 266 Å². The molecule has 0 fully saturated rings. The Bertz CT molecular complexity index is 1240. The Morgan fingerprint density at radius 1 is 0.649 bits per heavy atom. The zero-order chi connectivity index (χ0) is 23.8. The number of rotatable bonds is 5. The summed E-state index contributed by atoms with van der Waals surface area (Å²) in [5.41, 5.74) is -0.583. The molecule has 1 radical (unpaired) electrons. The molecule has 12 heteroatoms. The Morgan fingerprint density at radius 2 is 1.00 bits per heavy atom. The topological polar surface area (TPSA) is 112 Å². The van der Waals surface area contributed by atoms with E-state index in [9.17, 15) is 13.2 Å². The van der Waals surface area contributed by atoms with Gasteiger partial charge in [-0.2, -0.15) is 8.42 Å². The molecule has 0 spiro atoms. The van der Waals surface area contributed by atoms with Crippen LogP contribution in [0, 0.1) is 38.2 Å². The molecular formula is C25H21Cl3DyO6PS. The first-order valence-corrected chi connectivity index (χ1v) is 12.5. The van der Waals surface area contributed by atoms with Gasteiger partial charge in [0, 0.05) is 0 Å². The largest absolute Gasteiger partial charge is 3.00 e. The first-order valence-electron chi connectivity index (χ1n) is 9.76. The van der Waals surface area contributed by atoms with Gasteiger partial charge in [-0.05, 0) is 42.0 Å². The third kappa shape index (κ3) is 11.1. The van der Waals surface area contributed by atoms with Gasteiger partial charge in [0.1, 0.15) is 11.3 Å². The summed E-state index contributed by atoms with van der Waals surface area (Å²) in [5.74, 6) is -2.04. The van der Waals surface area contributed by atoms with E-state index >= 15 is 0 Å². The van der Waals surface area contributed by atoms with Crippen LogP contribution in [0.5, 0.6) is 5.75 Å². The minimum atomic E-state index is -4.45. The number of carbonyl (C=O) groups is 1. The van der Waals surface area contributed by atoms with Crippen molar-refractivity contribution in [1.82, 2.24) is 0 Å². The molecule has 0 unspecified atom stereocenters. The van der Waals surface area contributed by atoms with Gasteiger partial charge in [0.15, 0.2) is 0 Å². The summed E-state index contributed by atoms with van der Waals surface area (Å²) in [6.45, 7) is 0. The maximum absolute atomic E-state index is 10.6. The molecule has 6 nitrogen and oxygen atoms in total. The Morgan fingerprint density at radius 3 is 1.30 bits per heavy atom. The number of hydrogen-bond acceptors (Lipinski definition) is 4. The van der Waals surface area contributed by atoms with Crippen molar-refractivity contribution >= 4 is 39.9 Å². The van der Waals surface area contributed by atoms with E-state index in [1.807, 2.05) is 0 Å². The molecule has 37 heavy (non-hydrogen) atoms. The van der Waals surface area contributed by atoms with Gasteiger partial charge in [-0.15, -0.1) is 0 Å². The molecule has 0 saturated heterocycles. The molecule has 0 aliphatic heterocycles. The molecule has 0 aliphatic rings. The number of aromatic carboxylic acids is 1. The number of halogens is 3. The second kappa shape index (κ2) is 18.0. The molecule has 0 aromatic heterocycles. The maximum Gasteiger partial charge on any atom is 3.00 e. The van der Waals surface area contributed by atoms with Crippen molar-refractivity contribution in [3.63, 3.8) is 0 Å². The molecule has 0 heterocycles. The molecule has 4 aromatic carbocycles. The smallest absolute Gasteiger partial charge is 1.00 e. The molecule has 4 rings (SSSR count). The summed E-state index contributed by atoms with van der Waals surface area (Å²) in [4.78, 5) is 9.89. The van der Waals surface area contributed by atoms with Gasteiger partial charge in [-0.3, -0.25) is 4.55 Å². The zero-order valence-corrected chi connectivity index (χ0v) is 24.8. The monoisotopic (exact) mass is 749 g/mol. The Kier molecular flexibility index (Phi) is 18.4. The van der Waals surface area contributed by atoms with Crippen molar-refractivity contribution in [3.8, 4) is 5.75 Å². The van der Waals surface area contributed by atoms with Gasteiger partial charge in [-0.25, -0.2) is 4.79 Å². The van der Waals surface area contributed by atoms with Crippen LogP contribution in [0.1, 0.15) is 10.4 Å². The fourth-order valence-corrected chi connectivity index (χ4v) is 5.84. The van der Waals surface area contributed by atoms with Crippen LogP contribution in [0.15, 0.2) is 114 Å². The van der Waals surface area contributed by atoms with Crippen LogP contribution in [-0.4, -0.2) is 29.2 Å². The van der Waals surface area contributed by atoms with Crippen LogP contribution in [0.4, 0.5) is 0 Å². The van der Waals surface area contributed by atoms with Gasteiger partial charge < -0.3 is 47.4 Å². The number of benzene rings is 4. The molecule has 0 saturated carbocycles. The summed E-state index contributed by atoms with van der Waals surface area (Å²) in [7, 11) is -4.90. The summed E-state index contributed by atoms with van der Waals surface area (Å²) in [6, 6.07) is 34.8. The van der Waals surface area contributed by atoms with Crippen molar-refractivity contribution in [1.29, 1.82) is 0 Å². The average molecular weight is 749 g/mol. The van der Waals surface area contributed by atoms with Crippen LogP contribution in [-0.2, 0) is 10.1 Å². The van der Waals surface area contributed by atoms with Crippen molar-refractivity contribution in [2.45, 2.75) is 4.90 Å². The summed E-state index contributed by atoms with van der Waals surface area (Å²) in [6.07, 6.45) is 0. The predicted octanol–water partition coefficient (Wildman–Crippen LogP) is -5.21. The van der Waals surface area contributed by atoms with Crippen molar-refractivity contribution < 1.29 is 103 Å². The second-order valence-corrected chi connectivity index (χ2v) is 10.4. The van der Waals surface area contributed by atoms with E-state index in [0.717, 1.165) is 12.1 Å². The molecule has 0 aliphatic carbocycles. The van der Waals surface area contributed by atoms with Crippen LogP contribution in [0.2, 0.25) is 0 Å². The number of carboxylic acid groups (broad SMARTS) is 1. The van der Waals surface area contributed by atoms with E-state index < -0.39 is 40.2 Å². The minimum Gasteiger partial charge on any atom is -1.00 e. The molecule has 0 bridgehead atoms. The molecule has 4 aromatic rings. The Hall–Kier alpha value is -1.37. The average Bonchev–Trinajstić information content (AvgIpc) is 2.81. The SMILES string of the molecule is O=C(O)c1cc(S(=O)(=O)O)ccc1O.[Cl-].[Cl-].[Cl-].[Dy+3].c1ccc(P(c2ccccc2)c2ccccc2)cc1. The summed E-state index contributed by atoms with van der Waals surface area (Å²) < 4.78 is 29.8. The van der Waals surface area contributed by atoms with Gasteiger partial charge in [0.2, 0.25) is 0 Å². The fourth-order valence-electron chi connectivity index (χ4n) is 3.03. The van der Waals surface area contributed by atoms with Crippen molar-refractivity contribution in [3.05, 3.63) is 115 Å². The van der Waals surface area contributed by atoms with Gasteiger partial charge in [0.25, 0.3) is 10.1 Å². The van der Waals surface area contributed by atoms with Crippen molar-refractivity contribution in [2.24, 2.45) is 0 Å². The van der Waals surface area contributed by atoms with Crippen LogP contribution >= 0.6 is 7.92 Å². The van der Waals surface area contributed by atoms with Gasteiger partial charge in [-0.1, -0.05) is 91.0 Å². The summed E-state index contributed by atoms with van der Waals surface area (Å²) in [5, 5.41) is 21.7. The second-order valence-electron chi connectivity index (χ2n) is 6.80. The van der Waals surface area contributed by atoms with E-state index in [1.54, 1.807) is 0 Å².